The van der Waals surface area contributed by atoms with Gasteiger partial charge in [-0.2, -0.15) is 0 Å². The van der Waals surface area contributed by atoms with Crippen molar-refractivity contribution >= 4 is 63.8 Å². The molecule has 0 spiro atoms. The Bertz CT molecular complexity index is 1590. The van der Waals surface area contributed by atoms with Gasteiger partial charge in [-0.25, -0.2) is 0 Å². The van der Waals surface area contributed by atoms with E-state index in [-0.39, 0.29) is 55.6 Å². The van der Waals surface area contributed by atoms with E-state index in [2.05, 4.69) is 40.0 Å². The van der Waals surface area contributed by atoms with E-state index in [4.69, 9.17) is 18.9 Å². The third-order valence-electron chi connectivity index (χ3n) is 10.8. The normalized spacial score (nSPS) is 27.8. The zero-order chi connectivity index (χ0) is 45.8. The molecule has 0 amide bonds. The van der Waals surface area contributed by atoms with Crippen LogP contribution in [0.25, 0.3) is 0 Å². The number of hydrogen-bond acceptors (Lipinski definition) is 10. The predicted octanol–water partition coefficient (Wildman–Crippen LogP) is 9.16. The molecular weight excluding hydrogens is 1090 g/mol. The second kappa shape index (κ2) is 29.3. The third-order valence-corrected chi connectivity index (χ3v) is 10.8. The molecule has 2 aromatic rings. The number of carboxylic acid groups (broad SMARTS) is 2. The minimum atomic E-state index is -1.27. The molecule has 1 aliphatic heterocycles. The van der Waals surface area contributed by atoms with Gasteiger partial charge in [0.05, 0.1) is 34.9 Å². The second-order valence-electron chi connectivity index (χ2n) is 16.1. The minimum Gasteiger partial charge on any atom is 0 e. The van der Waals surface area contributed by atoms with Crippen LogP contribution in [-0.4, -0.2) is 86.7 Å². The van der Waals surface area contributed by atoms with Crippen molar-refractivity contribution in [2.45, 2.75) is 163 Å². The summed E-state index contributed by atoms with van der Waals surface area (Å²) in [6, 6.07) is 19.8. The molecule has 1 heterocycles. The number of carbonyl (C=O) groups is 4. The van der Waals surface area contributed by atoms with Crippen molar-refractivity contribution in [1.82, 2.24) is 0 Å². The molecule has 3 aliphatic rings. The maximum atomic E-state index is 12.7. The third kappa shape index (κ3) is 19.4. The van der Waals surface area contributed by atoms with E-state index in [1.807, 2.05) is 95.3 Å². The Kier molecular flexibility index (Phi) is 28.8. The number of rotatable bonds is 12. The van der Waals surface area contributed by atoms with Crippen LogP contribution in [0.2, 0.25) is 0 Å². The van der Waals surface area contributed by atoms with Crippen LogP contribution in [0.15, 0.2) is 60.7 Å². The fraction of sp³-hybridized carbons (Fsp3) is 0.644. The summed E-state index contributed by atoms with van der Waals surface area (Å²) in [4.78, 5) is 48.2. The summed E-state index contributed by atoms with van der Waals surface area (Å²) >= 11 is 4.74. The molecule has 10 atom stereocenters. The molecule has 0 aromatic heterocycles. The van der Waals surface area contributed by atoms with Crippen molar-refractivity contribution in [2.24, 2.45) is 22.7 Å². The van der Waals surface area contributed by atoms with Gasteiger partial charge < -0.3 is 39.4 Å². The van der Waals surface area contributed by atoms with Crippen molar-refractivity contribution < 1.29 is 86.6 Å². The molecule has 2 saturated carbocycles. The molecule has 3 fully saturated rings. The summed E-state index contributed by atoms with van der Waals surface area (Å²) in [5.74, 6) is -4.27. The van der Waals surface area contributed by atoms with E-state index in [1.54, 1.807) is 27.7 Å². The molecule has 10 unspecified atom stereocenters. The summed E-state index contributed by atoms with van der Waals surface area (Å²) in [5.41, 5.74) is 0.0568. The summed E-state index contributed by atoms with van der Waals surface area (Å²) < 4.78 is 23.0. The first-order valence-electron chi connectivity index (χ1n) is 20.8. The van der Waals surface area contributed by atoms with Gasteiger partial charge in [-0.15, -0.1) is 0 Å². The van der Waals surface area contributed by atoms with Gasteiger partial charge >= 0.3 is 73.3 Å². The number of aliphatic hydroxyl groups is 2. The first kappa shape index (κ1) is 59.8. The van der Waals surface area contributed by atoms with E-state index in [0.29, 0.717) is 28.7 Å². The van der Waals surface area contributed by atoms with Gasteiger partial charge in [0.25, 0.3) is 0 Å². The van der Waals surface area contributed by atoms with E-state index in [1.165, 1.54) is 12.5 Å². The number of fused-ring (bicyclic) bond motifs is 1. The Labute approximate surface area is 404 Å². The average molecular weight is 1160 g/mol. The maximum Gasteiger partial charge on any atom is 0 e. The largest absolute Gasteiger partial charge is 0 e. The molecule has 1 radical (unpaired) electrons. The molecule has 344 valence electrons. The second-order valence-corrected chi connectivity index (χ2v) is 27.9. The molecule has 1 saturated heterocycles. The molecule has 4 N–H and O–H groups in total. The van der Waals surface area contributed by atoms with E-state index >= 15 is 0 Å². The maximum absolute atomic E-state index is 12.7. The van der Waals surface area contributed by atoms with Crippen molar-refractivity contribution in [1.29, 1.82) is 0 Å². The summed E-state index contributed by atoms with van der Waals surface area (Å²) in [6.45, 7) is 18.4. The first-order valence-corrected chi connectivity index (χ1v) is 29.8. The Hall–Kier alpha value is -1.21. The number of esters is 2. The van der Waals surface area contributed by atoms with E-state index in [9.17, 15) is 39.6 Å². The SMILES string of the molecule is CC.CC.CC(CCc1ccccc1)C(=O)OC1CC(C)(C(=O)O)CC(O)C1O.CC(CCc1ccccc1)C(=O)OC1CC(C)(C(=O)O)CC2OC(C)(C)OC12.[I][V][I].[V]. The molecule has 12 nitrogen and oxygen atoms in total. The molecular formula is C45H68I2O12V2. The zero-order valence-electron chi connectivity index (χ0n) is 37.3. The van der Waals surface area contributed by atoms with Crippen molar-refractivity contribution in [3.63, 3.8) is 0 Å². The minimum absolute atomic E-state index is 0. The number of aryl methyl sites for hydroxylation is 2. The number of hydrogen-bond donors (Lipinski definition) is 4. The fourth-order valence-corrected chi connectivity index (χ4v) is 7.29. The summed E-state index contributed by atoms with van der Waals surface area (Å²) in [7, 11) is 0.628. The topological polar surface area (TPSA) is 186 Å². The quantitative estimate of drug-likeness (QED) is 0.117. The molecule has 0 bridgehead atoms. The Morgan fingerprint density at radius 1 is 0.689 bits per heavy atom. The smallest absolute Gasteiger partial charge is 0 e. The standard InChI is InChI=1S/C22H30O6.C19H26O6.2C2H6.2HI.2V/c1-14(10-11-15-8-6-5-7-9-15)19(23)26-16-12-22(4,20(24)25)13-17-18(16)28-21(2,3)27-17;1-12(8-9-13-6-4-3-5-7-13)17(22)25-15-11-19(2,18(23)24)10-14(20)16(15)21;2*1-2;;;;/h5-9,14,16-18H,10-13H2,1-4H3,(H,24,25);3-7,12,14-16,20-21H,8-11H2,1-2H3,(H,23,24);2*1-2H3;2*1H;;/q;;;;;;;+2/p-2. The average Bonchev–Trinajstić information content (AvgIpc) is 3.54. The van der Waals surface area contributed by atoms with Crippen LogP contribution in [0, 0.1) is 22.7 Å². The van der Waals surface area contributed by atoms with Crippen LogP contribution in [0.5, 0.6) is 0 Å². The Balaban J connectivity index is 0.00000102. The van der Waals surface area contributed by atoms with E-state index < -0.39 is 71.1 Å². The molecule has 5 rings (SSSR count). The number of ether oxygens (including phenoxy) is 4. The van der Waals surface area contributed by atoms with Crippen LogP contribution in [-0.2, 0) is 79.0 Å². The molecule has 2 aliphatic carbocycles. The van der Waals surface area contributed by atoms with Crippen LogP contribution < -0.4 is 0 Å². The van der Waals surface area contributed by atoms with Gasteiger partial charge in [-0.05, 0) is 77.3 Å². The van der Waals surface area contributed by atoms with Crippen LogP contribution in [0.4, 0.5) is 0 Å². The monoisotopic (exact) mass is 1160 g/mol. The fourth-order valence-electron chi connectivity index (χ4n) is 7.29. The van der Waals surface area contributed by atoms with Crippen LogP contribution in [0.1, 0.15) is 119 Å². The summed E-state index contributed by atoms with van der Waals surface area (Å²) in [6.07, 6.45) is -1.74. The predicted molar refractivity (Wildman–Crippen MR) is 244 cm³/mol. The number of halogens is 2. The molecule has 16 heteroatoms. The van der Waals surface area contributed by atoms with Gasteiger partial charge in [-0.1, -0.05) is 102 Å². The number of carboxylic acids is 2. The van der Waals surface area contributed by atoms with Crippen molar-refractivity contribution in [3.8, 4) is 0 Å². The van der Waals surface area contributed by atoms with E-state index in [0.717, 1.165) is 18.4 Å². The Morgan fingerprint density at radius 2 is 1.07 bits per heavy atom. The van der Waals surface area contributed by atoms with Gasteiger partial charge in [0.15, 0.2) is 5.79 Å². The van der Waals surface area contributed by atoms with Gasteiger partial charge in [-0.3, -0.25) is 19.2 Å². The van der Waals surface area contributed by atoms with Crippen molar-refractivity contribution in [2.75, 3.05) is 0 Å². The number of benzene rings is 2. The Morgan fingerprint density at radius 3 is 1.48 bits per heavy atom. The number of aliphatic carboxylic acids is 2. The number of aliphatic hydroxyl groups excluding tert-OH is 2. The van der Waals surface area contributed by atoms with Gasteiger partial charge in [0.2, 0.25) is 0 Å². The zero-order valence-corrected chi connectivity index (χ0v) is 44.4. The van der Waals surface area contributed by atoms with Crippen LogP contribution >= 0.6 is 40.0 Å². The van der Waals surface area contributed by atoms with Crippen molar-refractivity contribution in [3.05, 3.63) is 71.8 Å². The summed E-state index contributed by atoms with van der Waals surface area (Å²) in [5, 5.41) is 39.0. The number of carbonyl (C=O) groups excluding carboxylic acids is 2. The molecule has 2 aromatic carbocycles. The van der Waals surface area contributed by atoms with Gasteiger partial charge in [0, 0.05) is 31.4 Å². The molecule has 61 heavy (non-hydrogen) atoms. The first-order chi connectivity index (χ1) is 28.2. The van der Waals surface area contributed by atoms with Gasteiger partial charge in [0.1, 0.15) is 24.4 Å². The van der Waals surface area contributed by atoms with Crippen LogP contribution in [0.3, 0.4) is 0 Å².